The number of hydrogen-bond donors (Lipinski definition) is 0. The van der Waals surface area contributed by atoms with Crippen molar-refractivity contribution in [3.05, 3.63) is 5.75 Å². The van der Waals surface area contributed by atoms with Crippen LogP contribution in [-0.2, 0) is 0 Å². The second kappa shape index (κ2) is 7.35. The van der Waals surface area contributed by atoms with Gasteiger partial charge in [-0.05, 0) is 12.2 Å². The van der Waals surface area contributed by atoms with Gasteiger partial charge in [-0.15, -0.1) is 0 Å². The Morgan fingerprint density at radius 3 is 2.62 bits per heavy atom. The van der Waals surface area contributed by atoms with Crippen molar-refractivity contribution >= 4 is 11.8 Å². The molecular weight excluding hydrogens is 116 g/mol. The average molecular weight is 131 g/mol. The third kappa shape index (κ3) is 6.35. The van der Waals surface area contributed by atoms with Gasteiger partial charge in [0.25, 0.3) is 0 Å². The second-order valence-electron chi connectivity index (χ2n) is 1.81. The number of unbranched alkanes of at least 4 members (excludes halogenated alkanes) is 2. The summed E-state index contributed by atoms with van der Waals surface area (Å²) in [6.45, 7) is 4.33. The van der Waals surface area contributed by atoms with Crippen LogP contribution in [0.4, 0.5) is 0 Å². The zero-order valence-corrected chi connectivity index (χ0v) is 6.63. The largest absolute Gasteiger partial charge is 0.158 e. The van der Waals surface area contributed by atoms with Crippen LogP contribution in [-0.4, -0.2) is 5.75 Å². The lowest BCUT2D eigenvalue weighted by Crippen LogP contribution is -1.76. The SMILES string of the molecule is C[CH]SCCCCC. The molecule has 49 valence electrons. The van der Waals surface area contributed by atoms with Crippen LogP contribution in [0, 0.1) is 5.75 Å². The molecule has 0 nitrogen and oxygen atoms in total. The quantitative estimate of drug-likeness (QED) is 0.517. The van der Waals surface area contributed by atoms with Crippen molar-refractivity contribution in [2.24, 2.45) is 0 Å². The molecule has 0 aromatic heterocycles. The van der Waals surface area contributed by atoms with Gasteiger partial charge in [-0.25, -0.2) is 0 Å². The van der Waals surface area contributed by atoms with E-state index in [4.69, 9.17) is 0 Å². The van der Waals surface area contributed by atoms with Gasteiger partial charge in [0.05, 0.1) is 0 Å². The van der Waals surface area contributed by atoms with E-state index in [1.807, 2.05) is 11.8 Å². The van der Waals surface area contributed by atoms with Crippen molar-refractivity contribution in [3.8, 4) is 0 Å². The first-order valence-electron chi connectivity index (χ1n) is 3.31. The van der Waals surface area contributed by atoms with E-state index in [0.717, 1.165) is 0 Å². The van der Waals surface area contributed by atoms with Crippen molar-refractivity contribution in [2.75, 3.05) is 5.75 Å². The molecule has 0 spiro atoms. The summed E-state index contributed by atoms with van der Waals surface area (Å²) in [6, 6.07) is 0. The minimum absolute atomic E-state index is 1.31. The molecule has 0 aliphatic carbocycles. The molecule has 0 amide bonds. The van der Waals surface area contributed by atoms with Crippen LogP contribution in [0.25, 0.3) is 0 Å². The summed E-state index contributed by atoms with van der Waals surface area (Å²) in [5, 5.41) is 0. The van der Waals surface area contributed by atoms with Crippen molar-refractivity contribution in [1.82, 2.24) is 0 Å². The molecule has 0 aliphatic rings. The monoisotopic (exact) mass is 131 g/mol. The van der Waals surface area contributed by atoms with E-state index in [1.54, 1.807) is 0 Å². The molecule has 0 bridgehead atoms. The molecular formula is C7H15S. The fraction of sp³-hybridized carbons (Fsp3) is 0.857. The third-order valence-corrected chi connectivity index (χ3v) is 1.89. The Morgan fingerprint density at radius 1 is 1.38 bits per heavy atom. The van der Waals surface area contributed by atoms with E-state index in [1.165, 1.54) is 25.0 Å². The van der Waals surface area contributed by atoms with Crippen LogP contribution in [0.15, 0.2) is 0 Å². The highest BCUT2D eigenvalue weighted by atomic mass is 32.2. The van der Waals surface area contributed by atoms with Crippen LogP contribution in [0.5, 0.6) is 0 Å². The maximum atomic E-state index is 2.24. The molecule has 0 rings (SSSR count). The first kappa shape index (κ1) is 8.35. The van der Waals surface area contributed by atoms with Gasteiger partial charge in [0.1, 0.15) is 0 Å². The number of rotatable bonds is 5. The summed E-state index contributed by atoms with van der Waals surface area (Å²) < 4.78 is 0. The molecule has 0 saturated heterocycles. The van der Waals surface area contributed by atoms with Crippen molar-refractivity contribution in [1.29, 1.82) is 0 Å². The molecule has 0 N–H and O–H groups in total. The van der Waals surface area contributed by atoms with Crippen molar-refractivity contribution < 1.29 is 0 Å². The summed E-state index contributed by atoms with van der Waals surface area (Å²) in [5.74, 6) is 3.47. The third-order valence-electron chi connectivity index (χ3n) is 1.03. The Balaban J connectivity index is 2.53. The molecule has 0 heterocycles. The van der Waals surface area contributed by atoms with Crippen molar-refractivity contribution in [3.63, 3.8) is 0 Å². The highest BCUT2D eigenvalue weighted by Gasteiger charge is 1.83. The molecule has 1 heteroatoms. The molecule has 1 radical (unpaired) electrons. The van der Waals surface area contributed by atoms with Gasteiger partial charge >= 0.3 is 0 Å². The maximum absolute atomic E-state index is 2.24. The molecule has 0 aromatic rings. The molecule has 8 heavy (non-hydrogen) atoms. The van der Waals surface area contributed by atoms with E-state index >= 15 is 0 Å². The Bertz CT molecular complexity index is 29.4. The summed E-state index contributed by atoms with van der Waals surface area (Å²) >= 11 is 1.92. The first-order valence-corrected chi connectivity index (χ1v) is 4.36. The minimum Gasteiger partial charge on any atom is -0.158 e. The van der Waals surface area contributed by atoms with Gasteiger partial charge in [-0.3, -0.25) is 0 Å². The van der Waals surface area contributed by atoms with E-state index in [0.29, 0.717) is 0 Å². The lowest BCUT2D eigenvalue weighted by Gasteiger charge is -1.93. The Kier molecular flexibility index (Phi) is 7.67. The van der Waals surface area contributed by atoms with Crippen molar-refractivity contribution in [2.45, 2.75) is 33.1 Å². The highest BCUT2D eigenvalue weighted by molar-refractivity contribution is 8.01. The lowest BCUT2D eigenvalue weighted by atomic mass is 10.3. The van der Waals surface area contributed by atoms with Crippen LogP contribution >= 0.6 is 11.8 Å². The Hall–Kier alpha value is 0.350. The van der Waals surface area contributed by atoms with Gasteiger partial charge in [-0.2, -0.15) is 11.8 Å². The topological polar surface area (TPSA) is 0 Å². The van der Waals surface area contributed by atoms with Gasteiger partial charge in [0, 0.05) is 5.75 Å². The normalized spacial score (nSPS) is 9.75. The van der Waals surface area contributed by atoms with E-state index in [2.05, 4.69) is 19.6 Å². The summed E-state index contributed by atoms with van der Waals surface area (Å²) in [7, 11) is 0. The highest BCUT2D eigenvalue weighted by Crippen LogP contribution is 2.07. The maximum Gasteiger partial charge on any atom is 0.0135 e. The molecule has 0 aliphatic heterocycles. The zero-order valence-electron chi connectivity index (χ0n) is 5.81. The predicted octanol–water partition coefficient (Wildman–Crippen LogP) is 3.09. The molecule has 0 unspecified atom stereocenters. The fourth-order valence-electron chi connectivity index (χ4n) is 0.553. The number of hydrogen-bond acceptors (Lipinski definition) is 1. The number of thioether (sulfide) groups is 1. The van der Waals surface area contributed by atoms with E-state index in [-0.39, 0.29) is 0 Å². The van der Waals surface area contributed by atoms with Crippen LogP contribution < -0.4 is 0 Å². The van der Waals surface area contributed by atoms with Gasteiger partial charge in [-0.1, -0.05) is 26.7 Å². The molecule has 0 aromatic carbocycles. The smallest absolute Gasteiger partial charge is 0.0135 e. The van der Waals surface area contributed by atoms with E-state index in [9.17, 15) is 0 Å². The average Bonchev–Trinajstić information content (AvgIpc) is 1.81. The Morgan fingerprint density at radius 2 is 2.12 bits per heavy atom. The molecule has 0 atom stereocenters. The van der Waals surface area contributed by atoms with Crippen LogP contribution in [0.3, 0.4) is 0 Å². The van der Waals surface area contributed by atoms with E-state index < -0.39 is 0 Å². The minimum atomic E-state index is 1.31. The summed E-state index contributed by atoms with van der Waals surface area (Å²) in [4.78, 5) is 0. The zero-order chi connectivity index (χ0) is 6.24. The lowest BCUT2D eigenvalue weighted by molar-refractivity contribution is 0.779. The predicted molar refractivity (Wildman–Crippen MR) is 42.0 cm³/mol. The fourth-order valence-corrected chi connectivity index (χ4v) is 1.16. The summed E-state index contributed by atoms with van der Waals surface area (Å²) in [6.07, 6.45) is 4.11. The van der Waals surface area contributed by atoms with Gasteiger partial charge in [0.2, 0.25) is 0 Å². The standard InChI is InChI=1S/C7H15S/c1-3-5-6-7-8-4-2/h4H,3,5-7H2,1-2H3. The van der Waals surface area contributed by atoms with Crippen LogP contribution in [0.1, 0.15) is 33.1 Å². The van der Waals surface area contributed by atoms with Crippen LogP contribution in [0.2, 0.25) is 0 Å². The second-order valence-corrected chi connectivity index (χ2v) is 3.03. The van der Waals surface area contributed by atoms with Gasteiger partial charge < -0.3 is 0 Å². The first-order chi connectivity index (χ1) is 3.91. The molecule has 0 fully saturated rings. The molecule has 0 saturated carbocycles. The van der Waals surface area contributed by atoms with Gasteiger partial charge in [0.15, 0.2) is 0 Å². The summed E-state index contributed by atoms with van der Waals surface area (Å²) in [5.41, 5.74) is 0. The Labute approximate surface area is 57.1 Å².